The van der Waals surface area contributed by atoms with Crippen LogP contribution >= 0.6 is 0 Å². The molecule has 0 unspecified atom stereocenters. The molecule has 0 spiro atoms. The summed E-state index contributed by atoms with van der Waals surface area (Å²) >= 11 is 0. The minimum atomic E-state index is -1.12. The van der Waals surface area contributed by atoms with Crippen LogP contribution in [0.5, 0.6) is 0 Å². The fourth-order valence-corrected chi connectivity index (χ4v) is 2.44. The highest BCUT2D eigenvalue weighted by Gasteiger charge is 2.33. The van der Waals surface area contributed by atoms with Gasteiger partial charge < -0.3 is 10.4 Å². The van der Waals surface area contributed by atoms with Crippen molar-refractivity contribution in [1.29, 1.82) is 0 Å². The number of nitrogens with one attached hydrogen (secondary N) is 1. The first-order valence-corrected chi connectivity index (χ1v) is 6.54. The molecule has 1 aliphatic rings. The Kier molecular flexibility index (Phi) is 4.45. The van der Waals surface area contributed by atoms with Crippen molar-refractivity contribution in [2.75, 3.05) is 0 Å². The monoisotopic (exact) mass is 276 g/mol. The number of nitrogens with zero attached hydrogens (tertiary/aromatic N) is 1. The Hall–Kier alpha value is -2.24. The van der Waals surface area contributed by atoms with E-state index in [1.807, 2.05) is 0 Å². The van der Waals surface area contributed by atoms with Crippen molar-refractivity contribution >= 4 is 17.7 Å². The summed E-state index contributed by atoms with van der Waals surface area (Å²) in [6.07, 6.45) is 3.48. The molecule has 0 saturated heterocycles. The van der Waals surface area contributed by atoms with Gasteiger partial charge in [-0.1, -0.05) is 6.07 Å². The lowest BCUT2D eigenvalue weighted by Crippen LogP contribution is -2.47. The van der Waals surface area contributed by atoms with Crippen LogP contribution < -0.4 is 5.32 Å². The molecule has 1 aliphatic carbocycles. The summed E-state index contributed by atoms with van der Waals surface area (Å²) in [7, 11) is 0. The van der Waals surface area contributed by atoms with Crippen molar-refractivity contribution in [2.45, 2.75) is 31.7 Å². The summed E-state index contributed by atoms with van der Waals surface area (Å²) in [4.78, 5) is 38.6. The number of carboxylic acids is 1. The van der Waals surface area contributed by atoms with Gasteiger partial charge >= 0.3 is 5.97 Å². The van der Waals surface area contributed by atoms with Gasteiger partial charge in [0, 0.05) is 19.0 Å². The first-order valence-electron chi connectivity index (χ1n) is 6.54. The predicted molar refractivity (Wildman–Crippen MR) is 70.1 cm³/mol. The molecule has 6 heteroatoms. The molecule has 20 heavy (non-hydrogen) atoms. The lowest BCUT2D eigenvalue weighted by molar-refractivity contribution is -0.141. The van der Waals surface area contributed by atoms with Gasteiger partial charge in [0.15, 0.2) is 0 Å². The van der Waals surface area contributed by atoms with Gasteiger partial charge in [-0.3, -0.25) is 14.6 Å². The number of aliphatic carboxylic acids is 1. The summed E-state index contributed by atoms with van der Waals surface area (Å²) in [6.45, 7) is 0. The van der Waals surface area contributed by atoms with Gasteiger partial charge in [-0.15, -0.1) is 0 Å². The highest BCUT2D eigenvalue weighted by Crippen LogP contribution is 2.24. The van der Waals surface area contributed by atoms with Crippen LogP contribution in [0.15, 0.2) is 24.4 Å². The summed E-state index contributed by atoms with van der Waals surface area (Å²) in [5.74, 6) is -1.94. The maximum atomic E-state index is 12.0. The maximum absolute atomic E-state index is 12.0. The number of carbonyl (C=O) groups excluding carboxylic acids is 2. The maximum Gasteiger partial charge on any atom is 0.326 e. The van der Waals surface area contributed by atoms with Crippen molar-refractivity contribution in [3.8, 4) is 0 Å². The summed E-state index contributed by atoms with van der Waals surface area (Å²) in [5, 5.41) is 11.7. The first kappa shape index (κ1) is 14.2. The number of carbonyl (C=O) groups is 3. The Bertz CT molecular complexity index is 515. The summed E-state index contributed by atoms with van der Waals surface area (Å²) in [5.41, 5.74) is 0.167. The average Bonchev–Trinajstić information content (AvgIpc) is 2.45. The van der Waals surface area contributed by atoms with Crippen molar-refractivity contribution < 1.29 is 19.5 Å². The predicted octanol–water partition coefficient (Wildman–Crippen LogP) is 1.02. The standard InChI is InChI=1S/C14H16N2O4/c17-10-5-3-4-9(8-10)12(14(19)20)16-13(18)11-6-1-2-7-15-11/h1-2,6-7,9,12H,3-5,8H2,(H,16,18)(H,19,20)/t9-,12+/m1/s1. The van der Waals surface area contributed by atoms with E-state index in [0.29, 0.717) is 19.3 Å². The van der Waals surface area contributed by atoms with Crippen LogP contribution in [0.25, 0.3) is 0 Å². The van der Waals surface area contributed by atoms with E-state index in [9.17, 15) is 19.5 Å². The summed E-state index contributed by atoms with van der Waals surface area (Å²) in [6, 6.07) is 3.79. The third kappa shape index (κ3) is 3.40. The van der Waals surface area contributed by atoms with Gasteiger partial charge in [-0.25, -0.2) is 4.79 Å². The Balaban J connectivity index is 2.08. The molecule has 0 radical (unpaired) electrons. The molecule has 1 saturated carbocycles. The van der Waals surface area contributed by atoms with E-state index in [1.165, 1.54) is 12.3 Å². The number of hydrogen-bond acceptors (Lipinski definition) is 4. The molecule has 0 aliphatic heterocycles. The van der Waals surface area contributed by atoms with Gasteiger partial charge in [0.2, 0.25) is 0 Å². The molecular weight excluding hydrogens is 260 g/mol. The number of Topliss-reactive ketones (excluding diaryl/α,β-unsaturated/α-hetero) is 1. The van der Waals surface area contributed by atoms with Gasteiger partial charge in [0.1, 0.15) is 17.5 Å². The van der Waals surface area contributed by atoms with Crippen LogP contribution in [-0.4, -0.2) is 33.8 Å². The van der Waals surface area contributed by atoms with Crippen LogP contribution in [-0.2, 0) is 9.59 Å². The molecule has 0 bridgehead atoms. The topological polar surface area (TPSA) is 96.4 Å². The van der Waals surface area contributed by atoms with E-state index < -0.39 is 17.9 Å². The van der Waals surface area contributed by atoms with Crippen molar-refractivity contribution in [2.24, 2.45) is 5.92 Å². The third-order valence-corrected chi connectivity index (χ3v) is 3.44. The largest absolute Gasteiger partial charge is 0.480 e. The Morgan fingerprint density at radius 3 is 2.80 bits per heavy atom. The SMILES string of the molecule is O=C1CCC[C@@H]([C@H](NC(=O)c2ccccn2)C(=O)O)C1. The van der Waals surface area contributed by atoms with Crippen molar-refractivity contribution in [1.82, 2.24) is 10.3 Å². The van der Waals surface area contributed by atoms with Crippen molar-refractivity contribution in [3.63, 3.8) is 0 Å². The molecule has 1 heterocycles. The Labute approximate surface area is 116 Å². The highest BCUT2D eigenvalue weighted by molar-refractivity contribution is 5.95. The summed E-state index contributed by atoms with van der Waals surface area (Å²) < 4.78 is 0. The zero-order valence-electron chi connectivity index (χ0n) is 10.9. The van der Waals surface area contributed by atoms with Crippen LogP contribution in [0.3, 0.4) is 0 Å². The second-order valence-electron chi connectivity index (χ2n) is 4.90. The smallest absolute Gasteiger partial charge is 0.326 e. The van der Waals surface area contributed by atoms with E-state index in [4.69, 9.17) is 0 Å². The van der Waals surface area contributed by atoms with Crippen molar-refractivity contribution in [3.05, 3.63) is 30.1 Å². The van der Waals surface area contributed by atoms with Gasteiger partial charge in [0.05, 0.1) is 0 Å². The van der Waals surface area contributed by atoms with Crippen LogP contribution in [0.4, 0.5) is 0 Å². The number of rotatable bonds is 4. The molecule has 1 aromatic rings. The molecular formula is C14H16N2O4. The van der Waals surface area contributed by atoms with E-state index in [-0.39, 0.29) is 23.8 Å². The van der Waals surface area contributed by atoms with Gasteiger partial charge in [-0.2, -0.15) is 0 Å². The molecule has 1 aromatic heterocycles. The fraction of sp³-hybridized carbons (Fsp3) is 0.429. The van der Waals surface area contributed by atoms with E-state index in [1.54, 1.807) is 12.1 Å². The number of ketones is 1. The van der Waals surface area contributed by atoms with Gasteiger partial charge in [-0.05, 0) is 30.9 Å². The molecule has 2 atom stereocenters. The van der Waals surface area contributed by atoms with Gasteiger partial charge in [0.25, 0.3) is 5.91 Å². The normalized spacial score (nSPS) is 20.2. The average molecular weight is 276 g/mol. The zero-order chi connectivity index (χ0) is 14.5. The molecule has 1 fully saturated rings. The number of carboxylic acid groups (broad SMARTS) is 1. The second-order valence-corrected chi connectivity index (χ2v) is 4.90. The number of aromatic nitrogens is 1. The fourth-order valence-electron chi connectivity index (χ4n) is 2.44. The lowest BCUT2D eigenvalue weighted by atomic mass is 9.83. The Morgan fingerprint density at radius 2 is 2.20 bits per heavy atom. The highest BCUT2D eigenvalue weighted by atomic mass is 16.4. The quantitative estimate of drug-likeness (QED) is 0.856. The van der Waals surface area contributed by atoms with E-state index >= 15 is 0 Å². The second kappa shape index (κ2) is 6.27. The first-order chi connectivity index (χ1) is 9.58. The minimum Gasteiger partial charge on any atom is -0.480 e. The number of pyridine rings is 1. The van der Waals surface area contributed by atoms with Crippen LogP contribution in [0.1, 0.15) is 36.2 Å². The van der Waals surface area contributed by atoms with Crippen LogP contribution in [0.2, 0.25) is 0 Å². The molecule has 1 amide bonds. The molecule has 2 rings (SSSR count). The number of amides is 1. The molecule has 6 nitrogen and oxygen atoms in total. The molecule has 0 aromatic carbocycles. The Morgan fingerprint density at radius 1 is 1.40 bits per heavy atom. The zero-order valence-corrected chi connectivity index (χ0v) is 10.9. The third-order valence-electron chi connectivity index (χ3n) is 3.44. The lowest BCUT2D eigenvalue weighted by Gasteiger charge is -2.27. The van der Waals surface area contributed by atoms with E-state index in [0.717, 1.165) is 0 Å². The van der Waals surface area contributed by atoms with E-state index in [2.05, 4.69) is 10.3 Å². The number of hydrogen-bond donors (Lipinski definition) is 2. The minimum absolute atomic E-state index is 0.0552. The molecule has 106 valence electrons. The van der Waals surface area contributed by atoms with Crippen LogP contribution in [0, 0.1) is 5.92 Å². The molecule has 2 N–H and O–H groups in total.